The van der Waals surface area contributed by atoms with Gasteiger partial charge in [0.2, 0.25) is 0 Å². The molecule has 2 heterocycles. The van der Waals surface area contributed by atoms with Gasteiger partial charge in [0.25, 0.3) is 0 Å². The molecule has 1 aliphatic heterocycles. The first kappa shape index (κ1) is 11.9. The number of nitrogens with one attached hydrogen (secondary N) is 1. The van der Waals surface area contributed by atoms with Gasteiger partial charge in [-0.1, -0.05) is 6.92 Å². The third-order valence-electron chi connectivity index (χ3n) is 2.91. The van der Waals surface area contributed by atoms with Gasteiger partial charge in [-0.05, 0) is 47.4 Å². The maximum Gasteiger partial charge on any atom is 0.106 e. The largest absolute Gasteiger partial charge is 0.370 e. The molecule has 16 heavy (non-hydrogen) atoms. The minimum Gasteiger partial charge on any atom is -0.370 e. The Morgan fingerprint density at radius 2 is 2.12 bits per heavy atom. The monoisotopic (exact) mass is 283 g/mol. The van der Waals surface area contributed by atoms with E-state index in [0.29, 0.717) is 0 Å². The Labute approximate surface area is 105 Å². The number of rotatable bonds is 4. The molecule has 1 aliphatic rings. The molecule has 0 unspecified atom stereocenters. The van der Waals surface area contributed by atoms with Crippen LogP contribution in [-0.4, -0.2) is 24.6 Å². The van der Waals surface area contributed by atoms with Gasteiger partial charge in [0.15, 0.2) is 0 Å². The summed E-state index contributed by atoms with van der Waals surface area (Å²) in [5.74, 6) is 0. The molecule has 0 aliphatic carbocycles. The Bertz CT molecular complexity index is 348. The predicted molar refractivity (Wildman–Crippen MR) is 70.8 cm³/mol. The van der Waals surface area contributed by atoms with Crippen LogP contribution < -0.4 is 10.2 Å². The van der Waals surface area contributed by atoms with E-state index in [1.807, 2.05) is 6.07 Å². The summed E-state index contributed by atoms with van der Waals surface area (Å²) in [6.07, 6.45) is 2.60. The number of anilines is 1. The number of hydrogen-bond acceptors (Lipinski definition) is 3. The highest BCUT2D eigenvalue weighted by Gasteiger charge is 2.16. The summed E-state index contributed by atoms with van der Waals surface area (Å²) in [6.45, 7) is 6.29. The van der Waals surface area contributed by atoms with Crippen LogP contribution in [0.3, 0.4) is 0 Å². The molecule has 1 aromatic heterocycles. The van der Waals surface area contributed by atoms with Gasteiger partial charge in [-0.15, -0.1) is 0 Å². The summed E-state index contributed by atoms with van der Waals surface area (Å²) in [7, 11) is 0. The second kappa shape index (κ2) is 5.64. The van der Waals surface area contributed by atoms with Crippen molar-refractivity contribution in [1.29, 1.82) is 0 Å². The number of halogens is 1. The number of aromatic nitrogens is 1. The first-order valence-electron chi connectivity index (χ1n) is 5.92. The Kier molecular flexibility index (Phi) is 4.18. The van der Waals surface area contributed by atoms with E-state index in [2.05, 4.69) is 44.1 Å². The molecule has 0 bridgehead atoms. The van der Waals surface area contributed by atoms with Crippen molar-refractivity contribution >= 4 is 21.6 Å². The average Bonchev–Trinajstić information content (AvgIpc) is 2.80. The van der Waals surface area contributed by atoms with Crippen molar-refractivity contribution in [3.63, 3.8) is 0 Å². The highest BCUT2D eigenvalue weighted by atomic mass is 79.9. The van der Waals surface area contributed by atoms with Crippen molar-refractivity contribution in [2.45, 2.75) is 26.3 Å². The standard InChI is InChI=1S/C12H18BrN3/c1-2-14-9-10-11(5-6-12(13)15-10)16-7-3-4-8-16/h5-6,14H,2-4,7-9H2,1H3. The normalized spacial score (nSPS) is 15.8. The molecule has 1 aromatic rings. The fourth-order valence-electron chi connectivity index (χ4n) is 2.09. The molecule has 88 valence electrons. The zero-order chi connectivity index (χ0) is 11.4. The average molecular weight is 284 g/mol. The van der Waals surface area contributed by atoms with Crippen LogP contribution in [0.25, 0.3) is 0 Å². The van der Waals surface area contributed by atoms with E-state index in [1.165, 1.54) is 31.6 Å². The molecule has 3 nitrogen and oxygen atoms in total. The van der Waals surface area contributed by atoms with Gasteiger partial charge in [-0.3, -0.25) is 0 Å². The van der Waals surface area contributed by atoms with Crippen molar-refractivity contribution in [3.05, 3.63) is 22.4 Å². The van der Waals surface area contributed by atoms with E-state index < -0.39 is 0 Å². The highest BCUT2D eigenvalue weighted by Crippen LogP contribution is 2.25. The van der Waals surface area contributed by atoms with E-state index in [4.69, 9.17) is 0 Å². The SMILES string of the molecule is CCNCc1nc(Br)ccc1N1CCCC1. The third kappa shape index (κ3) is 2.74. The highest BCUT2D eigenvalue weighted by molar-refractivity contribution is 9.10. The Morgan fingerprint density at radius 3 is 2.81 bits per heavy atom. The minimum absolute atomic E-state index is 0.849. The maximum atomic E-state index is 4.57. The molecule has 0 spiro atoms. The van der Waals surface area contributed by atoms with Crippen LogP contribution in [0.5, 0.6) is 0 Å². The molecular weight excluding hydrogens is 266 g/mol. The van der Waals surface area contributed by atoms with Gasteiger partial charge in [-0.25, -0.2) is 4.98 Å². The molecule has 0 amide bonds. The Hall–Kier alpha value is -0.610. The van der Waals surface area contributed by atoms with Crippen molar-refractivity contribution < 1.29 is 0 Å². The first-order valence-corrected chi connectivity index (χ1v) is 6.71. The fourth-order valence-corrected chi connectivity index (χ4v) is 2.43. The van der Waals surface area contributed by atoms with E-state index >= 15 is 0 Å². The zero-order valence-corrected chi connectivity index (χ0v) is 11.3. The summed E-state index contributed by atoms with van der Waals surface area (Å²) in [5, 5.41) is 3.35. The molecule has 0 radical (unpaired) electrons. The van der Waals surface area contributed by atoms with Crippen molar-refractivity contribution in [3.8, 4) is 0 Å². The van der Waals surface area contributed by atoms with E-state index in [0.717, 1.165) is 23.4 Å². The van der Waals surface area contributed by atoms with E-state index in [1.54, 1.807) is 0 Å². The third-order valence-corrected chi connectivity index (χ3v) is 3.35. The number of pyridine rings is 1. The summed E-state index contributed by atoms with van der Waals surface area (Å²) in [6, 6.07) is 4.21. The minimum atomic E-state index is 0.849. The number of nitrogens with zero attached hydrogens (tertiary/aromatic N) is 2. The fraction of sp³-hybridized carbons (Fsp3) is 0.583. The lowest BCUT2D eigenvalue weighted by Gasteiger charge is -2.20. The van der Waals surface area contributed by atoms with Crippen LogP contribution in [0.1, 0.15) is 25.5 Å². The van der Waals surface area contributed by atoms with Gasteiger partial charge in [0.05, 0.1) is 11.4 Å². The maximum absolute atomic E-state index is 4.57. The molecule has 2 rings (SSSR count). The number of hydrogen-bond donors (Lipinski definition) is 1. The predicted octanol–water partition coefficient (Wildman–Crippen LogP) is 2.55. The van der Waals surface area contributed by atoms with Gasteiger partial charge in [0.1, 0.15) is 4.60 Å². The molecule has 0 atom stereocenters. The smallest absolute Gasteiger partial charge is 0.106 e. The molecule has 1 saturated heterocycles. The van der Waals surface area contributed by atoms with Gasteiger partial charge >= 0.3 is 0 Å². The molecule has 1 fully saturated rings. The van der Waals surface area contributed by atoms with Crippen molar-refractivity contribution in [2.24, 2.45) is 0 Å². The van der Waals surface area contributed by atoms with Crippen LogP contribution >= 0.6 is 15.9 Å². The molecule has 0 aromatic carbocycles. The quantitative estimate of drug-likeness (QED) is 0.861. The van der Waals surface area contributed by atoms with Crippen LogP contribution in [0.15, 0.2) is 16.7 Å². The second-order valence-corrected chi connectivity index (χ2v) is 4.89. The first-order chi connectivity index (χ1) is 7.81. The van der Waals surface area contributed by atoms with Gasteiger partial charge < -0.3 is 10.2 Å². The Morgan fingerprint density at radius 1 is 1.38 bits per heavy atom. The van der Waals surface area contributed by atoms with E-state index in [-0.39, 0.29) is 0 Å². The molecule has 0 saturated carbocycles. The van der Waals surface area contributed by atoms with E-state index in [9.17, 15) is 0 Å². The van der Waals surface area contributed by atoms with Crippen LogP contribution in [0, 0.1) is 0 Å². The van der Waals surface area contributed by atoms with Gasteiger partial charge in [0, 0.05) is 19.6 Å². The molecular formula is C12H18BrN3. The molecule has 1 N–H and O–H groups in total. The second-order valence-electron chi connectivity index (χ2n) is 4.07. The topological polar surface area (TPSA) is 28.2 Å². The lowest BCUT2D eigenvalue weighted by molar-refractivity contribution is 0.706. The Balaban J connectivity index is 2.20. The lowest BCUT2D eigenvalue weighted by Crippen LogP contribution is -2.22. The van der Waals surface area contributed by atoms with Crippen LogP contribution in [-0.2, 0) is 6.54 Å². The summed E-state index contributed by atoms with van der Waals surface area (Å²) < 4.78 is 0.920. The summed E-state index contributed by atoms with van der Waals surface area (Å²) in [5.41, 5.74) is 2.44. The van der Waals surface area contributed by atoms with Crippen LogP contribution in [0.4, 0.5) is 5.69 Å². The zero-order valence-electron chi connectivity index (χ0n) is 9.67. The lowest BCUT2D eigenvalue weighted by atomic mass is 10.2. The molecule has 4 heteroatoms. The summed E-state index contributed by atoms with van der Waals surface area (Å²) >= 11 is 3.44. The van der Waals surface area contributed by atoms with Crippen LogP contribution in [0.2, 0.25) is 0 Å². The van der Waals surface area contributed by atoms with Crippen molar-refractivity contribution in [1.82, 2.24) is 10.3 Å². The summed E-state index contributed by atoms with van der Waals surface area (Å²) in [4.78, 5) is 7.00. The van der Waals surface area contributed by atoms with Crippen molar-refractivity contribution in [2.75, 3.05) is 24.5 Å². The van der Waals surface area contributed by atoms with Gasteiger partial charge in [-0.2, -0.15) is 0 Å².